The van der Waals surface area contributed by atoms with Gasteiger partial charge in [0.25, 0.3) is 5.56 Å². The Kier molecular flexibility index (Phi) is 4.26. The van der Waals surface area contributed by atoms with E-state index in [1.54, 1.807) is 12.1 Å². The van der Waals surface area contributed by atoms with E-state index in [4.69, 9.17) is 14.2 Å². The number of nitrogens with zero attached hydrogens (tertiary/aromatic N) is 1. The van der Waals surface area contributed by atoms with E-state index in [2.05, 4.69) is 9.97 Å². The van der Waals surface area contributed by atoms with Gasteiger partial charge in [0.1, 0.15) is 28.6 Å². The van der Waals surface area contributed by atoms with Crippen LogP contribution in [0, 0.1) is 11.6 Å². The first-order valence-corrected chi connectivity index (χ1v) is 7.18. The molecule has 6 nitrogen and oxygen atoms in total. The number of fused-ring (bicyclic) bond motifs is 1. The Hall–Kier alpha value is -3.16. The van der Waals surface area contributed by atoms with Crippen molar-refractivity contribution < 1.29 is 23.0 Å². The Bertz CT molecular complexity index is 992. The molecule has 0 unspecified atom stereocenters. The maximum atomic E-state index is 13.5. The zero-order valence-electron chi connectivity index (χ0n) is 13.6. The summed E-state index contributed by atoms with van der Waals surface area (Å²) < 4.78 is 42.7. The normalized spacial score (nSPS) is 10.8. The van der Waals surface area contributed by atoms with E-state index in [1.807, 2.05) is 0 Å². The van der Waals surface area contributed by atoms with Gasteiger partial charge in [-0.1, -0.05) is 0 Å². The Morgan fingerprint density at radius 2 is 1.52 bits per heavy atom. The Morgan fingerprint density at radius 3 is 2.08 bits per heavy atom. The number of hydrogen-bond acceptors (Lipinski definition) is 5. The highest BCUT2D eigenvalue weighted by Crippen LogP contribution is 2.40. The minimum Gasteiger partial charge on any atom is -0.496 e. The van der Waals surface area contributed by atoms with E-state index in [0.717, 1.165) is 12.1 Å². The summed E-state index contributed by atoms with van der Waals surface area (Å²) >= 11 is 0. The monoisotopic (exact) mass is 348 g/mol. The zero-order valence-corrected chi connectivity index (χ0v) is 13.6. The van der Waals surface area contributed by atoms with E-state index < -0.39 is 17.2 Å². The van der Waals surface area contributed by atoms with E-state index >= 15 is 0 Å². The van der Waals surface area contributed by atoms with Crippen molar-refractivity contribution in [2.24, 2.45) is 0 Å². The van der Waals surface area contributed by atoms with Crippen LogP contribution in [0.5, 0.6) is 17.2 Å². The molecule has 0 saturated carbocycles. The number of aromatic amines is 1. The fraction of sp³-hybridized carbons (Fsp3) is 0.176. The molecule has 1 N–H and O–H groups in total. The molecule has 0 aliphatic carbocycles. The number of aromatic nitrogens is 2. The Morgan fingerprint density at radius 1 is 0.920 bits per heavy atom. The second-order valence-electron chi connectivity index (χ2n) is 5.10. The highest BCUT2D eigenvalue weighted by atomic mass is 19.2. The molecule has 8 heteroatoms. The number of nitrogens with one attached hydrogen (secondary N) is 1. The van der Waals surface area contributed by atoms with Gasteiger partial charge in [0, 0.05) is 18.2 Å². The van der Waals surface area contributed by atoms with Gasteiger partial charge in [-0.3, -0.25) is 4.79 Å². The topological polar surface area (TPSA) is 73.4 Å². The van der Waals surface area contributed by atoms with Crippen LogP contribution in [0.1, 0.15) is 0 Å². The van der Waals surface area contributed by atoms with Crippen molar-refractivity contribution in [3.8, 4) is 28.6 Å². The average Bonchev–Trinajstić information content (AvgIpc) is 2.61. The largest absolute Gasteiger partial charge is 0.496 e. The van der Waals surface area contributed by atoms with E-state index in [9.17, 15) is 13.6 Å². The van der Waals surface area contributed by atoms with Gasteiger partial charge in [-0.25, -0.2) is 13.8 Å². The van der Waals surface area contributed by atoms with Crippen LogP contribution >= 0.6 is 0 Å². The maximum Gasteiger partial charge on any atom is 0.259 e. The molecule has 0 bridgehead atoms. The highest BCUT2D eigenvalue weighted by Gasteiger charge is 2.19. The third kappa shape index (κ3) is 2.86. The number of methoxy groups -OCH3 is 3. The molecule has 1 heterocycles. The third-order valence-electron chi connectivity index (χ3n) is 3.70. The zero-order chi connectivity index (χ0) is 18.1. The van der Waals surface area contributed by atoms with Crippen molar-refractivity contribution in [3.63, 3.8) is 0 Å². The van der Waals surface area contributed by atoms with E-state index in [0.29, 0.717) is 22.8 Å². The molecule has 3 rings (SSSR count). The van der Waals surface area contributed by atoms with Crippen LogP contribution < -0.4 is 19.8 Å². The smallest absolute Gasteiger partial charge is 0.259 e. The van der Waals surface area contributed by atoms with Crippen LogP contribution in [0.3, 0.4) is 0 Å². The van der Waals surface area contributed by atoms with Crippen molar-refractivity contribution in [2.75, 3.05) is 21.3 Å². The van der Waals surface area contributed by atoms with Crippen molar-refractivity contribution >= 4 is 10.9 Å². The molecule has 0 spiro atoms. The summed E-state index contributed by atoms with van der Waals surface area (Å²) in [7, 11) is 4.36. The van der Waals surface area contributed by atoms with Crippen LogP contribution in [0.2, 0.25) is 0 Å². The lowest BCUT2D eigenvalue weighted by atomic mass is 10.1. The first-order valence-electron chi connectivity index (χ1n) is 7.18. The highest BCUT2D eigenvalue weighted by molar-refractivity contribution is 5.82. The summed E-state index contributed by atoms with van der Waals surface area (Å²) in [5.74, 6) is -0.964. The second-order valence-corrected chi connectivity index (χ2v) is 5.10. The Labute approximate surface area is 141 Å². The molecule has 0 aliphatic heterocycles. The molecule has 0 saturated heterocycles. The van der Waals surface area contributed by atoms with E-state index in [-0.39, 0.29) is 16.7 Å². The third-order valence-corrected chi connectivity index (χ3v) is 3.70. The van der Waals surface area contributed by atoms with E-state index in [1.165, 1.54) is 21.3 Å². The summed E-state index contributed by atoms with van der Waals surface area (Å²) in [5.41, 5.74) is -0.245. The predicted octanol–water partition coefficient (Wildman–Crippen LogP) is 2.89. The number of hydrogen-bond donors (Lipinski definition) is 1. The summed E-state index contributed by atoms with van der Waals surface area (Å²) in [5, 5.41) is -0.0610. The molecule has 1 aromatic heterocycles. The molecule has 0 radical (unpaired) electrons. The van der Waals surface area contributed by atoms with Gasteiger partial charge in [-0.15, -0.1) is 0 Å². The molecule has 2 aromatic carbocycles. The predicted molar refractivity (Wildman–Crippen MR) is 87.4 cm³/mol. The molecular weight excluding hydrogens is 334 g/mol. The summed E-state index contributed by atoms with van der Waals surface area (Å²) in [6.07, 6.45) is 0. The van der Waals surface area contributed by atoms with Gasteiger partial charge in [-0.2, -0.15) is 0 Å². The molecule has 0 fully saturated rings. The van der Waals surface area contributed by atoms with Crippen molar-refractivity contribution in [1.29, 1.82) is 0 Å². The van der Waals surface area contributed by atoms with Gasteiger partial charge in [0.2, 0.25) is 0 Å². The quantitative estimate of drug-likeness (QED) is 0.785. The van der Waals surface area contributed by atoms with Crippen molar-refractivity contribution in [3.05, 3.63) is 46.3 Å². The lowest BCUT2D eigenvalue weighted by Gasteiger charge is -2.14. The van der Waals surface area contributed by atoms with Gasteiger partial charge < -0.3 is 19.2 Å². The first-order chi connectivity index (χ1) is 12.0. The molecule has 0 atom stereocenters. The van der Waals surface area contributed by atoms with Crippen LogP contribution in [-0.4, -0.2) is 31.3 Å². The second kappa shape index (κ2) is 6.39. The molecule has 130 valence electrons. The minimum absolute atomic E-state index is 0.0116. The SMILES string of the molecule is COc1cc(OC)c(-c2nc3cc(F)c(F)cc3c(=O)[nH]2)c(OC)c1. The van der Waals surface area contributed by atoms with Gasteiger partial charge in [0.15, 0.2) is 11.6 Å². The van der Waals surface area contributed by atoms with Crippen molar-refractivity contribution in [1.82, 2.24) is 9.97 Å². The van der Waals surface area contributed by atoms with Crippen LogP contribution in [0.25, 0.3) is 22.3 Å². The summed E-state index contributed by atoms with van der Waals surface area (Å²) in [4.78, 5) is 19.0. The molecule has 3 aromatic rings. The fourth-order valence-electron chi connectivity index (χ4n) is 2.49. The van der Waals surface area contributed by atoms with Gasteiger partial charge in [-0.05, 0) is 6.07 Å². The molecular formula is C17H14F2N2O4. The molecule has 0 aliphatic rings. The molecule has 25 heavy (non-hydrogen) atoms. The van der Waals surface area contributed by atoms with Crippen LogP contribution in [-0.2, 0) is 0 Å². The summed E-state index contributed by atoms with van der Waals surface area (Å²) in [6, 6.07) is 4.86. The first kappa shape index (κ1) is 16.7. The average molecular weight is 348 g/mol. The number of rotatable bonds is 4. The minimum atomic E-state index is -1.12. The Balaban J connectivity index is 2.33. The van der Waals surface area contributed by atoms with Gasteiger partial charge in [0.05, 0.1) is 32.2 Å². The number of ether oxygens (including phenoxy) is 3. The maximum absolute atomic E-state index is 13.5. The number of benzene rings is 2. The standard InChI is InChI=1S/C17H14F2N2O4/c1-23-8-4-13(24-2)15(14(5-8)25-3)16-20-12-7-11(19)10(18)6-9(12)17(22)21-16/h4-7H,1-3H3,(H,20,21,22). The van der Waals surface area contributed by atoms with Crippen LogP contribution in [0.15, 0.2) is 29.1 Å². The van der Waals surface area contributed by atoms with Gasteiger partial charge >= 0.3 is 0 Å². The fourth-order valence-corrected chi connectivity index (χ4v) is 2.49. The molecule has 0 amide bonds. The number of halogens is 2. The summed E-state index contributed by atoms with van der Waals surface area (Å²) in [6.45, 7) is 0. The number of H-pyrrole nitrogens is 1. The van der Waals surface area contributed by atoms with Crippen LogP contribution in [0.4, 0.5) is 8.78 Å². The lowest BCUT2D eigenvalue weighted by molar-refractivity contribution is 0.377. The van der Waals surface area contributed by atoms with Crippen molar-refractivity contribution in [2.45, 2.75) is 0 Å². The lowest BCUT2D eigenvalue weighted by Crippen LogP contribution is -2.11.